The topological polar surface area (TPSA) is 29.3 Å². The highest BCUT2D eigenvalue weighted by Crippen LogP contribution is 2.29. The quantitative estimate of drug-likeness (QED) is 0.434. The summed E-state index contributed by atoms with van der Waals surface area (Å²) in [5.41, 5.74) is 2.85. The SMILES string of the molecule is CN(C)N.c1cc2ccc1-2. The van der Waals surface area contributed by atoms with Gasteiger partial charge in [0.15, 0.2) is 0 Å². The molecule has 2 rings (SSSR count). The third kappa shape index (κ3) is 1.56. The maximum Gasteiger partial charge on any atom is 0.00105 e. The van der Waals surface area contributed by atoms with Crippen molar-refractivity contribution >= 4 is 0 Å². The van der Waals surface area contributed by atoms with Gasteiger partial charge in [-0.2, -0.15) is 0 Å². The Labute approximate surface area is 61.2 Å². The van der Waals surface area contributed by atoms with Gasteiger partial charge < -0.3 is 0 Å². The van der Waals surface area contributed by atoms with Crippen LogP contribution in [0.4, 0.5) is 0 Å². The third-order valence-corrected chi connectivity index (χ3v) is 1.22. The van der Waals surface area contributed by atoms with E-state index in [0.29, 0.717) is 0 Å². The fourth-order valence-electron chi connectivity index (χ4n) is 0.663. The molecule has 0 bridgehead atoms. The first-order valence-corrected chi connectivity index (χ1v) is 3.22. The van der Waals surface area contributed by atoms with Crippen molar-refractivity contribution in [2.75, 3.05) is 14.1 Å². The van der Waals surface area contributed by atoms with Gasteiger partial charge >= 0.3 is 0 Å². The van der Waals surface area contributed by atoms with E-state index in [2.05, 4.69) is 24.3 Å². The minimum atomic E-state index is 1.43. The molecule has 0 amide bonds. The van der Waals surface area contributed by atoms with Crippen molar-refractivity contribution in [3.8, 4) is 11.1 Å². The predicted octanol–water partition coefficient (Wildman–Crippen LogP) is 1.09. The second-order valence-corrected chi connectivity index (χ2v) is 2.54. The number of hydrazine groups is 1. The van der Waals surface area contributed by atoms with E-state index in [4.69, 9.17) is 5.84 Å². The van der Waals surface area contributed by atoms with Crippen LogP contribution >= 0.6 is 0 Å². The van der Waals surface area contributed by atoms with Gasteiger partial charge in [-0.15, -0.1) is 0 Å². The van der Waals surface area contributed by atoms with Crippen molar-refractivity contribution in [2.45, 2.75) is 0 Å². The van der Waals surface area contributed by atoms with Crippen molar-refractivity contribution in [1.82, 2.24) is 5.01 Å². The number of rotatable bonds is 0. The maximum atomic E-state index is 4.94. The van der Waals surface area contributed by atoms with Crippen LogP contribution in [0.25, 0.3) is 11.1 Å². The van der Waals surface area contributed by atoms with Crippen LogP contribution in [0.3, 0.4) is 0 Å². The summed E-state index contributed by atoms with van der Waals surface area (Å²) in [5.74, 6) is 4.94. The first kappa shape index (κ1) is 7.25. The monoisotopic (exact) mass is 136 g/mol. The van der Waals surface area contributed by atoms with Crippen molar-refractivity contribution in [3.63, 3.8) is 0 Å². The Bertz CT molecular complexity index is 177. The number of nitrogens with two attached hydrogens (primary N) is 1. The molecule has 0 aromatic rings. The molecule has 0 radical (unpaired) electrons. The molecule has 0 saturated heterocycles. The van der Waals surface area contributed by atoms with Gasteiger partial charge in [-0.25, -0.2) is 0 Å². The standard InChI is InChI=1S/C6H4.C2H8N2/c1-2-6-4-3-5(1)6;1-4(2)3/h1-4H;3H2,1-2H3. The van der Waals surface area contributed by atoms with E-state index in [1.165, 1.54) is 16.1 Å². The molecule has 54 valence electrons. The van der Waals surface area contributed by atoms with Crippen LogP contribution in [0, 0.1) is 0 Å². The van der Waals surface area contributed by atoms with Crippen LogP contribution in [0.1, 0.15) is 0 Å². The Morgan fingerprint density at radius 1 is 1.00 bits per heavy atom. The number of benzene rings is 1. The molecule has 2 nitrogen and oxygen atoms in total. The normalized spacial score (nSPS) is 10.4. The largest absolute Gasteiger partial charge is 0.269 e. The van der Waals surface area contributed by atoms with Gasteiger partial charge in [-0.3, -0.25) is 10.9 Å². The lowest BCUT2D eigenvalue weighted by atomic mass is 9.95. The Morgan fingerprint density at radius 3 is 1.20 bits per heavy atom. The van der Waals surface area contributed by atoms with Crippen molar-refractivity contribution in [3.05, 3.63) is 24.3 Å². The first-order chi connectivity index (χ1) is 4.70. The molecule has 10 heavy (non-hydrogen) atoms. The smallest absolute Gasteiger partial charge is 0.00105 e. The van der Waals surface area contributed by atoms with Crippen molar-refractivity contribution in [2.24, 2.45) is 5.84 Å². The summed E-state index contributed by atoms with van der Waals surface area (Å²) < 4.78 is 0. The van der Waals surface area contributed by atoms with Gasteiger partial charge in [0.1, 0.15) is 0 Å². The highest BCUT2D eigenvalue weighted by Gasteiger charge is 2.03. The molecule has 0 unspecified atom stereocenters. The number of hydrogen-bond acceptors (Lipinski definition) is 2. The molecular weight excluding hydrogens is 124 g/mol. The zero-order valence-electron chi connectivity index (χ0n) is 6.33. The molecule has 2 aliphatic carbocycles. The lowest BCUT2D eigenvalue weighted by Crippen LogP contribution is -2.18. The van der Waals surface area contributed by atoms with Crippen molar-refractivity contribution < 1.29 is 0 Å². The van der Waals surface area contributed by atoms with E-state index >= 15 is 0 Å². The van der Waals surface area contributed by atoms with E-state index in [1.807, 2.05) is 0 Å². The van der Waals surface area contributed by atoms with Gasteiger partial charge in [-0.05, 0) is 11.1 Å². The molecule has 0 fully saturated rings. The highest BCUT2D eigenvalue weighted by molar-refractivity contribution is 5.75. The van der Waals surface area contributed by atoms with Gasteiger partial charge in [0.2, 0.25) is 0 Å². The van der Waals surface area contributed by atoms with Crippen LogP contribution < -0.4 is 5.84 Å². The summed E-state index contributed by atoms with van der Waals surface area (Å²) in [6.07, 6.45) is 0. The van der Waals surface area contributed by atoms with E-state index in [-0.39, 0.29) is 0 Å². The molecule has 2 heteroatoms. The lowest BCUT2D eigenvalue weighted by molar-refractivity contribution is 0.432. The second kappa shape index (κ2) is 2.82. The average molecular weight is 136 g/mol. The average Bonchev–Trinajstić information content (AvgIpc) is 1.77. The van der Waals surface area contributed by atoms with Gasteiger partial charge in [-0.1, -0.05) is 24.3 Å². The summed E-state index contributed by atoms with van der Waals surface area (Å²) in [5, 5.41) is 1.50. The zero-order chi connectivity index (χ0) is 7.56. The van der Waals surface area contributed by atoms with Crippen LogP contribution in [0.5, 0.6) is 0 Å². The van der Waals surface area contributed by atoms with Crippen LogP contribution in [-0.4, -0.2) is 19.1 Å². The maximum absolute atomic E-state index is 4.94. The van der Waals surface area contributed by atoms with Crippen LogP contribution in [0.15, 0.2) is 24.3 Å². The third-order valence-electron chi connectivity index (χ3n) is 1.22. The Hall–Kier alpha value is -0.860. The molecule has 0 aliphatic heterocycles. The van der Waals surface area contributed by atoms with Crippen LogP contribution in [0.2, 0.25) is 0 Å². The minimum absolute atomic E-state index is 1.43. The predicted molar refractivity (Wildman–Crippen MR) is 43.3 cm³/mol. The second-order valence-electron chi connectivity index (χ2n) is 2.54. The van der Waals surface area contributed by atoms with E-state index in [1.54, 1.807) is 14.1 Å². The van der Waals surface area contributed by atoms with Crippen molar-refractivity contribution in [1.29, 1.82) is 0 Å². The Balaban J connectivity index is 0.000000112. The number of fused-ring (bicyclic) bond motifs is 1. The Kier molecular flexibility index (Phi) is 2.04. The number of hydrogen-bond donors (Lipinski definition) is 1. The zero-order valence-corrected chi connectivity index (χ0v) is 6.33. The summed E-state index contributed by atoms with van der Waals surface area (Å²) in [6.45, 7) is 0. The van der Waals surface area contributed by atoms with Gasteiger partial charge in [0.25, 0.3) is 0 Å². The van der Waals surface area contributed by atoms with Gasteiger partial charge in [0.05, 0.1) is 0 Å². The number of nitrogens with zero attached hydrogens (tertiary/aromatic N) is 1. The molecule has 0 aromatic carbocycles. The summed E-state index contributed by atoms with van der Waals surface area (Å²) in [4.78, 5) is 0. The molecule has 2 N–H and O–H groups in total. The van der Waals surface area contributed by atoms with Crippen LogP contribution in [-0.2, 0) is 0 Å². The Morgan fingerprint density at radius 2 is 1.20 bits per heavy atom. The first-order valence-electron chi connectivity index (χ1n) is 3.22. The molecule has 0 aromatic heterocycles. The summed E-state index contributed by atoms with van der Waals surface area (Å²) in [6, 6.07) is 8.48. The molecular formula is C8H12N2. The van der Waals surface area contributed by atoms with E-state index in [9.17, 15) is 0 Å². The van der Waals surface area contributed by atoms with E-state index in [0.717, 1.165) is 0 Å². The minimum Gasteiger partial charge on any atom is -0.269 e. The van der Waals surface area contributed by atoms with E-state index < -0.39 is 0 Å². The molecule has 0 saturated carbocycles. The fourth-order valence-corrected chi connectivity index (χ4v) is 0.663. The molecule has 0 heterocycles. The molecule has 0 spiro atoms. The van der Waals surface area contributed by atoms with Gasteiger partial charge in [0, 0.05) is 14.1 Å². The lowest BCUT2D eigenvalue weighted by Gasteiger charge is -2.10. The molecule has 0 atom stereocenters. The fraction of sp³-hybridized carbons (Fsp3) is 0.250. The molecule has 2 aliphatic rings. The summed E-state index contributed by atoms with van der Waals surface area (Å²) in [7, 11) is 3.56. The highest BCUT2D eigenvalue weighted by atomic mass is 15.4. The summed E-state index contributed by atoms with van der Waals surface area (Å²) >= 11 is 0.